The van der Waals surface area contributed by atoms with E-state index in [1.54, 1.807) is 12.1 Å². The maximum atomic E-state index is 11.1. The summed E-state index contributed by atoms with van der Waals surface area (Å²) >= 11 is -0.0190. The van der Waals surface area contributed by atoms with Crippen molar-refractivity contribution in [3.8, 4) is 0 Å². The summed E-state index contributed by atoms with van der Waals surface area (Å²) in [6.07, 6.45) is 0. The number of aliphatic hydroxyl groups is 1. The van der Waals surface area contributed by atoms with Crippen molar-refractivity contribution in [2.45, 2.75) is 4.21 Å². The molecule has 0 aliphatic rings. The van der Waals surface area contributed by atoms with Gasteiger partial charge < -0.3 is 5.11 Å². The van der Waals surface area contributed by atoms with Gasteiger partial charge in [-0.25, -0.2) is 4.21 Å². The van der Waals surface area contributed by atoms with Gasteiger partial charge in [0.15, 0.2) is 11.1 Å². The zero-order chi connectivity index (χ0) is 8.10. The van der Waals surface area contributed by atoms with E-state index in [1.165, 1.54) is 11.3 Å². The molecule has 0 spiro atoms. The van der Waals surface area contributed by atoms with Gasteiger partial charge in [0.2, 0.25) is 0 Å². The highest BCUT2D eigenvalue weighted by molar-refractivity contribution is 7.82. The van der Waals surface area contributed by atoms with Crippen LogP contribution in [0.3, 0.4) is 0 Å². The van der Waals surface area contributed by atoms with Crippen molar-refractivity contribution in [3.05, 3.63) is 17.5 Å². The first-order chi connectivity index (χ1) is 5.34. The fourth-order valence-corrected chi connectivity index (χ4v) is 2.13. The van der Waals surface area contributed by atoms with Crippen molar-refractivity contribution in [1.29, 1.82) is 0 Å². The van der Waals surface area contributed by atoms with Crippen molar-refractivity contribution in [2.75, 3.05) is 13.2 Å². The summed E-state index contributed by atoms with van der Waals surface area (Å²) in [5.41, 5.74) is 0. The van der Waals surface area contributed by atoms with Crippen LogP contribution in [0.25, 0.3) is 0 Å². The van der Waals surface area contributed by atoms with Crippen LogP contribution < -0.4 is 0 Å². The van der Waals surface area contributed by atoms with Crippen molar-refractivity contribution in [2.24, 2.45) is 0 Å². The van der Waals surface area contributed by atoms with E-state index >= 15 is 0 Å². The first-order valence-corrected chi connectivity index (χ1v) is 4.99. The minimum Gasteiger partial charge on any atom is -0.394 e. The van der Waals surface area contributed by atoms with E-state index in [0.29, 0.717) is 4.21 Å². The summed E-state index contributed by atoms with van der Waals surface area (Å²) in [6, 6.07) is 3.54. The Balaban J connectivity index is 2.43. The lowest BCUT2D eigenvalue weighted by Gasteiger charge is -1.96. The van der Waals surface area contributed by atoms with Crippen LogP contribution in [0, 0.1) is 0 Å². The third-order valence-electron chi connectivity index (χ3n) is 0.941. The maximum Gasteiger partial charge on any atom is 0.199 e. The van der Waals surface area contributed by atoms with Crippen molar-refractivity contribution < 1.29 is 13.5 Å². The van der Waals surface area contributed by atoms with Crippen LogP contribution >= 0.6 is 11.3 Å². The summed E-state index contributed by atoms with van der Waals surface area (Å²) in [6.45, 7) is 0.0155. The third-order valence-corrected chi connectivity index (χ3v) is 3.14. The van der Waals surface area contributed by atoms with E-state index in [0.717, 1.165) is 0 Å². The van der Waals surface area contributed by atoms with Crippen molar-refractivity contribution in [3.63, 3.8) is 0 Å². The number of thiophene rings is 1. The number of hydrogen-bond donors (Lipinski definition) is 1. The molecule has 11 heavy (non-hydrogen) atoms. The second-order valence-electron chi connectivity index (χ2n) is 1.71. The number of rotatable bonds is 4. The van der Waals surface area contributed by atoms with Gasteiger partial charge in [0.1, 0.15) is 4.21 Å². The van der Waals surface area contributed by atoms with Crippen LogP contribution in [0.2, 0.25) is 0 Å². The fraction of sp³-hybridized carbons (Fsp3) is 0.333. The van der Waals surface area contributed by atoms with Crippen LogP contribution in [0.15, 0.2) is 21.7 Å². The molecule has 1 unspecified atom stereocenters. The molecule has 0 amide bonds. The molecule has 0 aromatic carbocycles. The Bertz CT molecular complexity index is 220. The Morgan fingerprint density at radius 2 is 2.55 bits per heavy atom. The Hall–Kier alpha value is -0.230. The molecule has 1 heterocycles. The highest BCUT2D eigenvalue weighted by Crippen LogP contribution is 2.13. The first kappa shape index (κ1) is 8.86. The SMILES string of the molecule is O=S(OCCO)c1cccs1. The highest BCUT2D eigenvalue weighted by Gasteiger charge is 2.03. The molecule has 0 radical (unpaired) electrons. The molecule has 1 aromatic rings. The Kier molecular flexibility index (Phi) is 3.71. The van der Waals surface area contributed by atoms with Gasteiger partial charge in [-0.1, -0.05) is 6.07 Å². The molecule has 62 valence electrons. The van der Waals surface area contributed by atoms with E-state index in [2.05, 4.69) is 0 Å². The van der Waals surface area contributed by atoms with Gasteiger partial charge in [-0.05, 0) is 11.4 Å². The van der Waals surface area contributed by atoms with E-state index in [1.807, 2.05) is 5.38 Å². The van der Waals surface area contributed by atoms with E-state index < -0.39 is 11.1 Å². The standard InChI is InChI=1S/C6H8O3S2/c7-3-4-9-11(8)6-2-1-5-10-6/h1-2,5,7H,3-4H2. The molecule has 1 aromatic heterocycles. The molecular formula is C6H8O3S2. The monoisotopic (exact) mass is 192 g/mol. The van der Waals surface area contributed by atoms with Gasteiger partial charge in [-0.3, -0.25) is 4.18 Å². The zero-order valence-electron chi connectivity index (χ0n) is 5.73. The highest BCUT2D eigenvalue weighted by atomic mass is 32.2. The molecule has 1 rings (SSSR count). The molecule has 0 fully saturated rings. The Labute approximate surface area is 71.3 Å². The lowest BCUT2D eigenvalue weighted by molar-refractivity contribution is 0.214. The van der Waals surface area contributed by atoms with Gasteiger partial charge in [0.25, 0.3) is 0 Å². The zero-order valence-corrected chi connectivity index (χ0v) is 7.36. The number of hydrogen-bond acceptors (Lipinski definition) is 4. The van der Waals surface area contributed by atoms with Gasteiger partial charge in [0.05, 0.1) is 13.2 Å². The van der Waals surface area contributed by atoms with E-state index in [4.69, 9.17) is 9.29 Å². The van der Waals surface area contributed by atoms with Gasteiger partial charge >= 0.3 is 0 Å². The minimum atomic E-state index is -1.39. The molecule has 0 aliphatic carbocycles. The van der Waals surface area contributed by atoms with E-state index in [-0.39, 0.29) is 13.2 Å². The summed E-state index contributed by atoms with van der Waals surface area (Å²) in [4.78, 5) is 0. The largest absolute Gasteiger partial charge is 0.394 e. The van der Waals surface area contributed by atoms with Gasteiger partial charge in [-0.2, -0.15) is 0 Å². The molecular weight excluding hydrogens is 184 g/mol. The maximum absolute atomic E-state index is 11.1. The average molecular weight is 192 g/mol. The van der Waals surface area contributed by atoms with Crippen molar-refractivity contribution in [1.82, 2.24) is 0 Å². The Morgan fingerprint density at radius 1 is 1.73 bits per heavy atom. The predicted octanol–water partition coefficient (Wildman–Crippen LogP) is 0.780. The van der Waals surface area contributed by atoms with Crippen LogP contribution in [0.1, 0.15) is 0 Å². The topological polar surface area (TPSA) is 46.5 Å². The van der Waals surface area contributed by atoms with Gasteiger partial charge in [0, 0.05) is 0 Å². The molecule has 5 heteroatoms. The van der Waals surface area contributed by atoms with Crippen LogP contribution in [0.5, 0.6) is 0 Å². The van der Waals surface area contributed by atoms with Gasteiger partial charge in [-0.15, -0.1) is 11.3 Å². The first-order valence-electron chi connectivity index (χ1n) is 3.04. The van der Waals surface area contributed by atoms with Crippen LogP contribution in [-0.2, 0) is 15.3 Å². The van der Waals surface area contributed by atoms with Crippen molar-refractivity contribution >= 4 is 22.4 Å². The Morgan fingerprint density at radius 3 is 3.09 bits per heavy atom. The second-order valence-corrected chi connectivity index (χ2v) is 4.06. The van der Waals surface area contributed by atoms with Crippen LogP contribution in [-0.4, -0.2) is 22.5 Å². The predicted molar refractivity (Wildman–Crippen MR) is 43.8 cm³/mol. The summed E-state index contributed by atoms with van der Waals surface area (Å²) in [5.74, 6) is 0. The summed E-state index contributed by atoms with van der Waals surface area (Å²) in [5, 5.41) is 10.2. The van der Waals surface area contributed by atoms with E-state index in [9.17, 15) is 4.21 Å². The molecule has 0 bridgehead atoms. The summed E-state index contributed by atoms with van der Waals surface area (Å²) < 4.78 is 16.5. The lowest BCUT2D eigenvalue weighted by Crippen LogP contribution is -2.01. The lowest BCUT2D eigenvalue weighted by atomic mass is 10.7. The second kappa shape index (κ2) is 4.61. The normalized spacial score (nSPS) is 13.2. The molecule has 0 aliphatic heterocycles. The fourth-order valence-electron chi connectivity index (χ4n) is 0.529. The number of aliphatic hydroxyl groups excluding tert-OH is 1. The quantitative estimate of drug-likeness (QED) is 0.766. The molecule has 3 nitrogen and oxygen atoms in total. The van der Waals surface area contributed by atoms with Crippen LogP contribution in [0.4, 0.5) is 0 Å². The average Bonchev–Trinajstić information content (AvgIpc) is 2.52. The minimum absolute atomic E-state index is 0.100. The third kappa shape index (κ3) is 2.70. The molecule has 0 saturated carbocycles. The summed E-state index contributed by atoms with van der Waals surface area (Å²) in [7, 11) is 0. The smallest absolute Gasteiger partial charge is 0.199 e. The molecule has 1 N–H and O–H groups in total. The molecule has 0 saturated heterocycles. The molecule has 1 atom stereocenters.